The summed E-state index contributed by atoms with van der Waals surface area (Å²) in [5, 5.41) is 12.4. The molecule has 2 heterocycles. The van der Waals surface area contributed by atoms with Crippen LogP contribution >= 0.6 is 11.8 Å². The van der Waals surface area contributed by atoms with E-state index in [1.165, 1.54) is 23.6 Å². The third kappa shape index (κ3) is 5.98. The van der Waals surface area contributed by atoms with Gasteiger partial charge in [-0.2, -0.15) is 0 Å². The van der Waals surface area contributed by atoms with E-state index in [0.29, 0.717) is 18.1 Å². The second-order valence-corrected chi connectivity index (χ2v) is 9.68. The predicted molar refractivity (Wildman–Crippen MR) is 144 cm³/mol. The zero-order valence-electron chi connectivity index (χ0n) is 20.7. The Bertz CT molecular complexity index is 1460. The Morgan fingerprint density at radius 1 is 0.946 bits per heavy atom. The molecule has 0 spiro atoms. The van der Waals surface area contributed by atoms with Gasteiger partial charge in [0, 0.05) is 5.69 Å². The van der Waals surface area contributed by atoms with Crippen LogP contribution in [0.25, 0.3) is 5.69 Å². The van der Waals surface area contributed by atoms with Gasteiger partial charge in [0.15, 0.2) is 10.9 Å². The van der Waals surface area contributed by atoms with Gasteiger partial charge in [-0.05, 0) is 43.5 Å². The molecule has 8 heteroatoms. The molecule has 0 aliphatic heterocycles. The zero-order chi connectivity index (χ0) is 25.6. The number of aryl methyl sites for hydroxylation is 2. The van der Waals surface area contributed by atoms with E-state index in [4.69, 9.17) is 4.42 Å². The lowest BCUT2D eigenvalue weighted by atomic mass is 9.99. The molecule has 0 aliphatic rings. The summed E-state index contributed by atoms with van der Waals surface area (Å²) in [6, 6.07) is 28.1. The number of hydrogen-bond donors (Lipinski definition) is 1. The summed E-state index contributed by atoms with van der Waals surface area (Å²) >= 11 is 1.46. The van der Waals surface area contributed by atoms with Crippen molar-refractivity contribution in [2.45, 2.75) is 37.2 Å². The molecule has 0 saturated heterocycles. The fourth-order valence-corrected chi connectivity index (χ4v) is 4.91. The van der Waals surface area contributed by atoms with Crippen LogP contribution in [0.2, 0.25) is 0 Å². The highest BCUT2D eigenvalue weighted by Gasteiger charge is 2.20. The number of oxazole rings is 1. The van der Waals surface area contributed by atoms with E-state index in [1.54, 1.807) is 0 Å². The summed E-state index contributed by atoms with van der Waals surface area (Å²) in [6.45, 7) is 3.97. The number of thioether (sulfide) groups is 1. The number of rotatable bonds is 9. The van der Waals surface area contributed by atoms with Crippen molar-refractivity contribution in [1.82, 2.24) is 25.1 Å². The molecule has 1 N–H and O–H groups in total. The van der Waals surface area contributed by atoms with Crippen LogP contribution in [-0.2, 0) is 12.2 Å². The first kappa shape index (κ1) is 24.5. The van der Waals surface area contributed by atoms with Crippen LogP contribution in [0.5, 0.6) is 0 Å². The van der Waals surface area contributed by atoms with Crippen LogP contribution in [-0.4, -0.2) is 25.7 Å². The van der Waals surface area contributed by atoms with Gasteiger partial charge in [-0.1, -0.05) is 90.1 Å². The molecule has 0 aliphatic carbocycles. The number of benzene rings is 3. The van der Waals surface area contributed by atoms with Crippen molar-refractivity contribution in [1.29, 1.82) is 0 Å². The maximum Gasteiger partial charge on any atom is 0.273 e. The molecular formula is C29H27N5O2S. The van der Waals surface area contributed by atoms with E-state index in [1.807, 2.05) is 72.2 Å². The lowest BCUT2D eigenvalue weighted by Gasteiger charge is -2.19. The molecule has 0 saturated carbocycles. The van der Waals surface area contributed by atoms with Gasteiger partial charge in [0.2, 0.25) is 5.89 Å². The Morgan fingerprint density at radius 3 is 2.38 bits per heavy atom. The minimum Gasteiger partial charge on any atom is -0.447 e. The van der Waals surface area contributed by atoms with E-state index in [2.05, 4.69) is 51.7 Å². The van der Waals surface area contributed by atoms with Crippen molar-refractivity contribution in [2.75, 3.05) is 0 Å². The largest absolute Gasteiger partial charge is 0.447 e. The fourth-order valence-electron chi connectivity index (χ4n) is 4.05. The first-order chi connectivity index (χ1) is 18.1. The molecule has 7 nitrogen and oxygen atoms in total. The molecule has 2 aromatic heterocycles. The van der Waals surface area contributed by atoms with Crippen LogP contribution < -0.4 is 5.32 Å². The standard InChI is InChI=1S/C29H27N5O2S/c1-20-13-15-24(16-14-20)34-21(2)32-33-29(34)37-19-27-30-26(18-36-27)28(35)31-25(23-11-7-4-8-12-23)17-22-9-5-3-6-10-22/h3-16,18,25H,17,19H2,1-2H3,(H,31,35). The Kier molecular flexibility index (Phi) is 7.46. The number of nitrogens with zero attached hydrogens (tertiary/aromatic N) is 4. The maximum atomic E-state index is 13.1. The zero-order valence-corrected chi connectivity index (χ0v) is 21.5. The molecule has 37 heavy (non-hydrogen) atoms. The normalized spacial score (nSPS) is 11.8. The van der Waals surface area contributed by atoms with Gasteiger partial charge >= 0.3 is 0 Å². The highest BCUT2D eigenvalue weighted by molar-refractivity contribution is 7.98. The van der Waals surface area contributed by atoms with Crippen LogP contribution in [0, 0.1) is 13.8 Å². The summed E-state index contributed by atoms with van der Waals surface area (Å²) in [6.07, 6.45) is 2.08. The van der Waals surface area contributed by atoms with Crippen molar-refractivity contribution in [3.8, 4) is 5.69 Å². The highest BCUT2D eigenvalue weighted by atomic mass is 32.2. The number of aromatic nitrogens is 4. The topological polar surface area (TPSA) is 85.8 Å². The first-order valence-corrected chi connectivity index (χ1v) is 13.0. The monoisotopic (exact) mass is 509 g/mol. The molecule has 5 aromatic rings. The van der Waals surface area contributed by atoms with Crippen molar-refractivity contribution < 1.29 is 9.21 Å². The average molecular weight is 510 g/mol. The number of carbonyl (C=O) groups is 1. The van der Waals surface area contributed by atoms with Crippen molar-refractivity contribution in [2.24, 2.45) is 0 Å². The first-order valence-electron chi connectivity index (χ1n) is 12.0. The lowest BCUT2D eigenvalue weighted by Crippen LogP contribution is -2.30. The summed E-state index contributed by atoms with van der Waals surface area (Å²) in [7, 11) is 0. The number of hydrogen-bond acceptors (Lipinski definition) is 6. The van der Waals surface area contributed by atoms with Crippen LogP contribution in [0.15, 0.2) is 101 Å². The lowest BCUT2D eigenvalue weighted by molar-refractivity contribution is 0.0931. The van der Waals surface area contributed by atoms with Crippen molar-refractivity contribution in [3.05, 3.63) is 125 Å². The van der Waals surface area contributed by atoms with E-state index in [-0.39, 0.29) is 17.6 Å². The van der Waals surface area contributed by atoms with E-state index in [9.17, 15) is 4.79 Å². The number of amides is 1. The van der Waals surface area contributed by atoms with Crippen molar-refractivity contribution >= 4 is 17.7 Å². The predicted octanol–water partition coefficient (Wildman–Crippen LogP) is 5.88. The number of nitrogens with one attached hydrogen (secondary N) is 1. The van der Waals surface area contributed by atoms with Crippen LogP contribution in [0.1, 0.15) is 44.9 Å². The van der Waals surface area contributed by atoms with Gasteiger partial charge < -0.3 is 9.73 Å². The molecule has 0 bridgehead atoms. The summed E-state index contributed by atoms with van der Waals surface area (Å²) in [5.74, 6) is 1.39. The molecular weight excluding hydrogens is 482 g/mol. The quantitative estimate of drug-likeness (QED) is 0.250. The van der Waals surface area contributed by atoms with Crippen LogP contribution in [0.4, 0.5) is 0 Å². The Morgan fingerprint density at radius 2 is 1.65 bits per heavy atom. The fraction of sp³-hybridized carbons (Fsp3) is 0.172. The summed E-state index contributed by atoms with van der Waals surface area (Å²) < 4.78 is 7.63. The van der Waals surface area contributed by atoms with Gasteiger partial charge in [0.05, 0.1) is 11.8 Å². The van der Waals surface area contributed by atoms with Gasteiger partial charge in [-0.15, -0.1) is 10.2 Å². The smallest absolute Gasteiger partial charge is 0.273 e. The molecule has 0 radical (unpaired) electrons. The number of carbonyl (C=O) groups excluding carboxylic acids is 1. The van der Waals surface area contributed by atoms with E-state index < -0.39 is 0 Å². The third-order valence-electron chi connectivity index (χ3n) is 5.99. The Hall–Kier alpha value is -4.17. The molecule has 1 amide bonds. The van der Waals surface area contributed by atoms with Gasteiger partial charge in [0.25, 0.3) is 5.91 Å². The molecule has 1 unspecified atom stereocenters. The minimum atomic E-state index is -0.275. The second kappa shape index (κ2) is 11.3. The molecule has 3 aromatic carbocycles. The van der Waals surface area contributed by atoms with Gasteiger partial charge in [-0.3, -0.25) is 9.36 Å². The van der Waals surface area contributed by atoms with Gasteiger partial charge in [0.1, 0.15) is 12.1 Å². The molecule has 1 atom stereocenters. The third-order valence-corrected chi connectivity index (χ3v) is 6.90. The Labute approximate surface area is 220 Å². The molecule has 5 rings (SSSR count). The van der Waals surface area contributed by atoms with Crippen LogP contribution in [0.3, 0.4) is 0 Å². The van der Waals surface area contributed by atoms with Gasteiger partial charge in [-0.25, -0.2) is 4.98 Å². The maximum absolute atomic E-state index is 13.1. The van der Waals surface area contributed by atoms with E-state index in [0.717, 1.165) is 27.8 Å². The summed E-state index contributed by atoms with van der Waals surface area (Å²) in [5.41, 5.74) is 4.61. The minimum absolute atomic E-state index is 0.193. The average Bonchev–Trinajstić information content (AvgIpc) is 3.55. The van der Waals surface area contributed by atoms with E-state index >= 15 is 0 Å². The Balaban J connectivity index is 1.27. The van der Waals surface area contributed by atoms with Crippen molar-refractivity contribution in [3.63, 3.8) is 0 Å². The molecule has 186 valence electrons. The SMILES string of the molecule is Cc1ccc(-n2c(C)nnc2SCc2nc(C(=O)NC(Cc3ccccc3)c3ccccc3)co2)cc1. The second-order valence-electron chi connectivity index (χ2n) is 8.74. The highest BCUT2D eigenvalue weighted by Crippen LogP contribution is 2.25. The summed E-state index contributed by atoms with van der Waals surface area (Å²) in [4.78, 5) is 17.6. The molecule has 0 fully saturated rings.